The monoisotopic (exact) mass is 321 g/mol. The Morgan fingerprint density at radius 1 is 1.26 bits per heavy atom. The SMILES string of the molecule is Cc1cc(NCC(=O)NC(C)C(=O)N2CCCCC2)ccc1F. The van der Waals surface area contributed by atoms with Gasteiger partial charge in [-0.25, -0.2) is 4.39 Å². The number of piperidine rings is 1. The molecular weight excluding hydrogens is 297 g/mol. The second-order valence-electron chi connectivity index (χ2n) is 5.99. The number of nitrogens with zero attached hydrogens (tertiary/aromatic N) is 1. The second-order valence-corrected chi connectivity index (χ2v) is 5.99. The molecule has 0 bridgehead atoms. The lowest BCUT2D eigenvalue weighted by Gasteiger charge is -2.29. The van der Waals surface area contributed by atoms with Gasteiger partial charge >= 0.3 is 0 Å². The summed E-state index contributed by atoms with van der Waals surface area (Å²) in [6.07, 6.45) is 3.21. The number of nitrogens with one attached hydrogen (secondary N) is 2. The standard InChI is InChI=1S/C17H24FN3O2/c1-12-10-14(6-7-15(12)18)19-11-16(22)20-13(2)17(23)21-8-4-3-5-9-21/h6-7,10,13,19H,3-5,8-9,11H2,1-2H3,(H,20,22). The minimum absolute atomic E-state index is 0.0318. The molecule has 5 nitrogen and oxygen atoms in total. The Kier molecular flexibility index (Phi) is 5.96. The van der Waals surface area contributed by atoms with E-state index in [0.717, 1.165) is 32.4 Å². The zero-order valence-corrected chi connectivity index (χ0v) is 13.7. The van der Waals surface area contributed by atoms with Gasteiger partial charge in [0.1, 0.15) is 11.9 Å². The van der Waals surface area contributed by atoms with Crippen molar-refractivity contribution in [1.82, 2.24) is 10.2 Å². The molecule has 1 fully saturated rings. The molecule has 126 valence electrons. The lowest BCUT2D eigenvalue weighted by Crippen LogP contribution is -2.49. The van der Waals surface area contributed by atoms with E-state index in [9.17, 15) is 14.0 Å². The number of rotatable bonds is 5. The van der Waals surface area contributed by atoms with Crippen LogP contribution in [-0.4, -0.2) is 42.4 Å². The van der Waals surface area contributed by atoms with Crippen LogP contribution in [0.4, 0.5) is 10.1 Å². The molecule has 1 saturated heterocycles. The van der Waals surface area contributed by atoms with Crippen LogP contribution >= 0.6 is 0 Å². The summed E-state index contributed by atoms with van der Waals surface area (Å²) in [6.45, 7) is 4.96. The summed E-state index contributed by atoms with van der Waals surface area (Å²) in [6, 6.07) is 4.05. The van der Waals surface area contributed by atoms with Crippen LogP contribution in [0.15, 0.2) is 18.2 Å². The molecule has 0 saturated carbocycles. The number of anilines is 1. The smallest absolute Gasteiger partial charge is 0.244 e. The van der Waals surface area contributed by atoms with Crippen LogP contribution < -0.4 is 10.6 Å². The molecule has 0 radical (unpaired) electrons. The number of carbonyl (C=O) groups is 2. The molecule has 1 heterocycles. The fourth-order valence-corrected chi connectivity index (χ4v) is 2.68. The molecule has 23 heavy (non-hydrogen) atoms. The first-order valence-corrected chi connectivity index (χ1v) is 8.05. The highest BCUT2D eigenvalue weighted by Crippen LogP contribution is 2.13. The summed E-state index contributed by atoms with van der Waals surface area (Å²) in [7, 11) is 0. The Balaban J connectivity index is 1.79. The molecule has 0 spiro atoms. The van der Waals surface area contributed by atoms with Gasteiger partial charge in [-0.3, -0.25) is 9.59 Å². The Labute approximate surface area is 136 Å². The van der Waals surface area contributed by atoms with E-state index in [4.69, 9.17) is 0 Å². The van der Waals surface area contributed by atoms with Crippen LogP contribution in [0.3, 0.4) is 0 Å². The summed E-state index contributed by atoms with van der Waals surface area (Å²) in [5.74, 6) is -0.568. The Hall–Kier alpha value is -2.11. The predicted octanol–water partition coefficient (Wildman–Crippen LogP) is 2.06. The highest BCUT2D eigenvalue weighted by atomic mass is 19.1. The molecule has 1 aliphatic heterocycles. The Morgan fingerprint density at radius 3 is 2.61 bits per heavy atom. The van der Waals surface area contributed by atoms with Crippen molar-refractivity contribution in [2.75, 3.05) is 25.0 Å². The first-order valence-electron chi connectivity index (χ1n) is 8.05. The molecule has 1 aromatic rings. The number of carbonyl (C=O) groups excluding carboxylic acids is 2. The average molecular weight is 321 g/mol. The highest BCUT2D eigenvalue weighted by molar-refractivity contribution is 5.89. The molecule has 1 aromatic carbocycles. The van der Waals surface area contributed by atoms with Gasteiger partial charge in [-0.2, -0.15) is 0 Å². The number of halogens is 1. The van der Waals surface area contributed by atoms with Crippen molar-refractivity contribution in [1.29, 1.82) is 0 Å². The quantitative estimate of drug-likeness (QED) is 0.873. The summed E-state index contributed by atoms with van der Waals surface area (Å²) in [4.78, 5) is 26.0. The topological polar surface area (TPSA) is 61.4 Å². The van der Waals surface area contributed by atoms with E-state index >= 15 is 0 Å². The van der Waals surface area contributed by atoms with Crippen molar-refractivity contribution in [3.63, 3.8) is 0 Å². The predicted molar refractivity (Wildman–Crippen MR) is 87.7 cm³/mol. The molecule has 1 aliphatic rings. The van der Waals surface area contributed by atoms with Gasteiger partial charge in [0.15, 0.2) is 0 Å². The molecule has 1 atom stereocenters. The lowest BCUT2D eigenvalue weighted by molar-refractivity contribution is -0.136. The van der Waals surface area contributed by atoms with E-state index in [1.807, 2.05) is 4.90 Å². The fraction of sp³-hybridized carbons (Fsp3) is 0.529. The minimum atomic E-state index is -0.530. The van der Waals surface area contributed by atoms with Gasteiger partial charge in [-0.05, 0) is 56.9 Å². The van der Waals surface area contributed by atoms with Crippen molar-refractivity contribution >= 4 is 17.5 Å². The number of benzene rings is 1. The van der Waals surface area contributed by atoms with E-state index in [0.29, 0.717) is 11.3 Å². The van der Waals surface area contributed by atoms with Crippen LogP contribution in [0.2, 0.25) is 0 Å². The number of likely N-dealkylation sites (tertiary alicyclic amines) is 1. The highest BCUT2D eigenvalue weighted by Gasteiger charge is 2.23. The Bertz CT molecular complexity index is 571. The van der Waals surface area contributed by atoms with Gasteiger partial charge in [0.05, 0.1) is 6.54 Å². The van der Waals surface area contributed by atoms with Gasteiger partial charge < -0.3 is 15.5 Å². The maximum absolute atomic E-state index is 13.2. The van der Waals surface area contributed by atoms with E-state index in [-0.39, 0.29) is 24.2 Å². The van der Waals surface area contributed by atoms with Crippen molar-refractivity contribution in [3.8, 4) is 0 Å². The second kappa shape index (κ2) is 7.94. The van der Waals surface area contributed by atoms with Gasteiger partial charge in [0.2, 0.25) is 11.8 Å². The summed E-state index contributed by atoms with van der Waals surface area (Å²) < 4.78 is 13.2. The van der Waals surface area contributed by atoms with Crippen molar-refractivity contribution in [2.45, 2.75) is 39.2 Å². The number of aryl methyl sites for hydroxylation is 1. The zero-order valence-electron chi connectivity index (χ0n) is 13.7. The van der Waals surface area contributed by atoms with E-state index < -0.39 is 6.04 Å². The van der Waals surface area contributed by atoms with Crippen molar-refractivity contribution in [3.05, 3.63) is 29.6 Å². The van der Waals surface area contributed by atoms with Crippen LogP contribution in [0.25, 0.3) is 0 Å². The van der Waals surface area contributed by atoms with E-state index in [2.05, 4.69) is 10.6 Å². The number of amides is 2. The molecule has 0 aliphatic carbocycles. The third-order valence-corrected chi connectivity index (χ3v) is 4.03. The van der Waals surface area contributed by atoms with Gasteiger partial charge in [-0.15, -0.1) is 0 Å². The molecule has 2 rings (SSSR count). The first kappa shape index (κ1) is 17.2. The zero-order chi connectivity index (χ0) is 16.8. The van der Waals surface area contributed by atoms with Crippen molar-refractivity contribution < 1.29 is 14.0 Å². The first-order chi connectivity index (χ1) is 11.0. The molecule has 1 unspecified atom stereocenters. The number of hydrogen-bond acceptors (Lipinski definition) is 3. The van der Waals surface area contributed by atoms with Gasteiger partial charge in [0.25, 0.3) is 0 Å². The fourth-order valence-electron chi connectivity index (χ4n) is 2.68. The normalized spacial score (nSPS) is 15.9. The van der Waals surface area contributed by atoms with Gasteiger partial charge in [0, 0.05) is 18.8 Å². The van der Waals surface area contributed by atoms with E-state index in [1.165, 1.54) is 6.07 Å². The van der Waals surface area contributed by atoms with Crippen molar-refractivity contribution in [2.24, 2.45) is 0 Å². The molecule has 0 aromatic heterocycles. The summed E-state index contributed by atoms with van der Waals surface area (Å²) >= 11 is 0. The molecule has 2 amide bonds. The molecule has 6 heteroatoms. The lowest BCUT2D eigenvalue weighted by atomic mass is 10.1. The Morgan fingerprint density at radius 2 is 1.96 bits per heavy atom. The third-order valence-electron chi connectivity index (χ3n) is 4.03. The molecule has 2 N–H and O–H groups in total. The van der Waals surface area contributed by atoms with E-state index in [1.54, 1.807) is 26.0 Å². The maximum atomic E-state index is 13.2. The van der Waals surface area contributed by atoms with Crippen LogP contribution in [0.1, 0.15) is 31.7 Å². The third kappa shape index (κ3) is 4.94. The minimum Gasteiger partial charge on any atom is -0.376 e. The summed E-state index contributed by atoms with van der Waals surface area (Å²) in [5, 5.41) is 5.64. The maximum Gasteiger partial charge on any atom is 0.244 e. The van der Waals surface area contributed by atoms with Crippen LogP contribution in [0.5, 0.6) is 0 Å². The largest absolute Gasteiger partial charge is 0.376 e. The average Bonchev–Trinajstić information content (AvgIpc) is 2.56. The molecular formula is C17H24FN3O2. The van der Waals surface area contributed by atoms with Crippen LogP contribution in [0, 0.1) is 12.7 Å². The van der Waals surface area contributed by atoms with Crippen LogP contribution in [-0.2, 0) is 9.59 Å². The van der Waals surface area contributed by atoms with Gasteiger partial charge in [-0.1, -0.05) is 0 Å². The summed E-state index contributed by atoms with van der Waals surface area (Å²) in [5.41, 5.74) is 1.19. The number of hydrogen-bond donors (Lipinski definition) is 2.